The fraction of sp³-hybridized carbons (Fsp3) is 1.00. The quantitative estimate of drug-likeness (QED) is 0.346. The number of rotatable bonds is 4. The van der Waals surface area contributed by atoms with E-state index in [0.717, 1.165) is 12.8 Å². The number of hydrogen-bond acceptors (Lipinski definition) is 2. The molecular formula is C5H9I3O3S. The van der Waals surface area contributed by atoms with Gasteiger partial charge in [0.05, 0.1) is 3.92 Å². The average Bonchev–Trinajstić information content (AvgIpc) is 1.85. The highest BCUT2D eigenvalue weighted by atomic mass is 127. The predicted molar refractivity (Wildman–Crippen MR) is 75.0 cm³/mol. The van der Waals surface area contributed by atoms with Gasteiger partial charge >= 0.3 is 0 Å². The van der Waals surface area contributed by atoms with Gasteiger partial charge in [-0.2, -0.15) is 8.42 Å². The molecule has 0 aliphatic heterocycles. The fourth-order valence-corrected chi connectivity index (χ4v) is 3.23. The van der Waals surface area contributed by atoms with Crippen LogP contribution < -0.4 is 0 Å². The molecule has 0 heterocycles. The first-order valence-electron chi connectivity index (χ1n) is 3.22. The summed E-state index contributed by atoms with van der Waals surface area (Å²) in [6, 6.07) is 0. The topological polar surface area (TPSA) is 54.4 Å². The Balaban J connectivity index is 4.62. The van der Waals surface area contributed by atoms with E-state index in [4.69, 9.17) is 4.55 Å². The third-order valence-electron chi connectivity index (χ3n) is 1.25. The Hall–Kier alpha value is 2.10. The maximum atomic E-state index is 10.9. The van der Waals surface area contributed by atoms with Crippen molar-refractivity contribution in [3.8, 4) is 0 Å². The second kappa shape index (κ2) is 5.26. The van der Waals surface area contributed by atoms with Gasteiger partial charge < -0.3 is 0 Å². The lowest BCUT2D eigenvalue weighted by molar-refractivity contribution is 0.478. The number of hydrogen-bond donors (Lipinski definition) is 1. The molecule has 0 aromatic rings. The number of alkyl halides is 3. The summed E-state index contributed by atoms with van der Waals surface area (Å²) < 4.78 is 29.5. The second-order valence-electron chi connectivity index (χ2n) is 2.29. The van der Waals surface area contributed by atoms with Crippen molar-refractivity contribution in [3.63, 3.8) is 0 Å². The Kier molecular flexibility index (Phi) is 6.18. The summed E-state index contributed by atoms with van der Waals surface area (Å²) >= 11 is 5.60. The van der Waals surface area contributed by atoms with E-state index in [1.54, 1.807) is 45.2 Å². The predicted octanol–water partition coefficient (Wildman–Crippen LogP) is 3.00. The molecule has 0 aromatic heterocycles. The van der Waals surface area contributed by atoms with Crippen molar-refractivity contribution in [2.45, 2.75) is 24.5 Å². The van der Waals surface area contributed by atoms with Crippen molar-refractivity contribution in [2.75, 3.05) is 0 Å². The first-order valence-corrected chi connectivity index (χ1v) is 8.06. The molecule has 1 atom stereocenters. The summed E-state index contributed by atoms with van der Waals surface area (Å²) in [6.45, 7) is 1.99. The third-order valence-corrected chi connectivity index (χ3v) is 11.4. The van der Waals surface area contributed by atoms with Crippen LogP contribution in [0.2, 0.25) is 0 Å². The zero-order chi connectivity index (χ0) is 9.99. The Labute approximate surface area is 114 Å². The monoisotopic (exact) mass is 530 g/mol. The van der Waals surface area contributed by atoms with Gasteiger partial charge in [0.1, 0.15) is 0 Å². The molecule has 74 valence electrons. The molecule has 0 rings (SSSR count). The molecule has 0 fully saturated rings. The minimum Gasteiger partial charge on any atom is -0.284 e. The lowest BCUT2D eigenvalue weighted by Gasteiger charge is -2.22. The molecule has 0 saturated heterocycles. The maximum absolute atomic E-state index is 10.9. The van der Waals surface area contributed by atoms with Crippen LogP contribution in [-0.2, 0) is 10.1 Å². The normalized spacial score (nSPS) is 16.1. The van der Waals surface area contributed by atoms with Crippen molar-refractivity contribution in [1.29, 1.82) is 0 Å². The molecule has 0 aromatic carbocycles. The van der Waals surface area contributed by atoms with E-state index < -0.39 is 10.9 Å². The van der Waals surface area contributed by atoms with Crippen LogP contribution in [0.1, 0.15) is 19.8 Å². The van der Waals surface area contributed by atoms with Gasteiger partial charge in [0.2, 0.25) is 0.760 Å². The Morgan fingerprint density at radius 1 is 1.50 bits per heavy atom. The summed E-state index contributed by atoms with van der Waals surface area (Å²) in [4.78, 5) is 0. The minimum absolute atomic E-state index is 0.0729. The Bertz CT molecular complexity index is 236. The van der Waals surface area contributed by atoms with Crippen molar-refractivity contribution in [3.05, 3.63) is 0 Å². The number of halogens is 3. The molecule has 0 radical (unpaired) electrons. The van der Waals surface area contributed by atoms with Gasteiger partial charge in [0.15, 0.2) is 0 Å². The van der Waals surface area contributed by atoms with E-state index in [1.807, 2.05) is 6.92 Å². The molecule has 12 heavy (non-hydrogen) atoms. The summed E-state index contributed by atoms with van der Waals surface area (Å²) in [5.41, 5.74) is 0. The smallest absolute Gasteiger partial charge is 0.284 e. The molecule has 0 amide bonds. The summed E-state index contributed by atoms with van der Waals surface area (Å²) in [6.07, 6.45) is 1.70. The van der Waals surface area contributed by atoms with Crippen LogP contribution in [0.25, 0.3) is 0 Å². The Morgan fingerprint density at radius 2 is 1.92 bits per heavy atom. The summed E-state index contributed by atoms with van der Waals surface area (Å²) in [5.74, 6) is 0. The highest BCUT2D eigenvalue weighted by Crippen LogP contribution is 2.42. The lowest BCUT2D eigenvalue weighted by Crippen LogP contribution is -2.33. The molecule has 3 nitrogen and oxygen atoms in total. The largest absolute Gasteiger partial charge is 0.290 e. The van der Waals surface area contributed by atoms with Gasteiger partial charge in [-0.05, 0) is 51.6 Å². The molecule has 1 unspecified atom stereocenters. The van der Waals surface area contributed by atoms with Crippen LogP contribution in [0.15, 0.2) is 0 Å². The first kappa shape index (κ1) is 14.1. The third kappa shape index (κ3) is 3.69. The van der Waals surface area contributed by atoms with Crippen molar-refractivity contribution < 1.29 is 13.0 Å². The van der Waals surface area contributed by atoms with Crippen LogP contribution in [-0.4, -0.2) is 17.7 Å². The molecule has 1 N–H and O–H groups in total. The van der Waals surface area contributed by atoms with Gasteiger partial charge in [-0.3, -0.25) is 4.55 Å². The standard InChI is InChI=1S/C5H9I3O3S/c1-2-3-4(6)5(7,8)12(9,10)11/h4H,2-3H2,1H3,(H,9,10,11). The van der Waals surface area contributed by atoms with Crippen LogP contribution in [0.3, 0.4) is 0 Å². The average molecular weight is 530 g/mol. The van der Waals surface area contributed by atoms with E-state index in [2.05, 4.69) is 22.6 Å². The van der Waals surface area contributed by atoms with Gasteiger partial charge in [-0.15, -0.1) is 0 Å². The summed E-state index contributed by atoms with van der Waals surface area (Å²) in [5, 5.41) is 0. The van der Waals surface area contributed by atoms with Gasteiger partial charge in [0.25, 0.3) is 10.1 Å². The molecule has 7 heteroatoms. The zero-order valence-electron chi connectivity index (χ0n) is 6.30. The minimum atomic E-state index is -3.96. The first-order chi connectivity index (χ1) is 5.23. The van der Waals surface area contributed by atoms with Gasteiger partial charge in [-0.1, -0.05) is 35.9 Å². The van der Waals surface area contributed by atoms with Crippen LogP contribution in [0.4, 0.5) is 0 Å². The van der Waals surface area contributed by atoms with Crippen LogP contribution >= 0.6 is 67.8 Å². The van der Waals surface area contributed by atoms with Gasteiger partial charge in [-0.25, -0.2) is 0 Å². The SMILES string of the molecule is CCCC(I)C(I)(I)S(=O)(=O)O. The molecule has 0 spiro atoms. The molecular weight excluding hydrogens is 521 g/mol. The van der Waals surface area contributed by atoms with E-state index in [0.29, 0.717) is 0 Å². The van der Waals surface area contributed by atoms with Crippen molar-refractivity contribution >= 4 is 77.9 Å². The van der Waals surface area contributed by atoms with Gasteiger partial charge in [0, 0.05) is 0 Å². The van der Waals surface area contributed by atoms with Crippen molar-refractivity contribution in [1.82, 2.24) is 0 Å². The van der Waals surface area contributed by atoms with E-state index in [-0.39, 0.29) is 3.92 Å². The highest BCUT2D eigenvalue weighted by Gasteiger charge is 2.43. The van der Waals surface area contributed by atoms with E-state index >= 15 is 0 Å². The van der Waals surface area contributed by atoms with Crippen molar-refractivity contribution in [2.24, 2.45) is 0 Å². The maximum Gasteiger partial charge on any atom is 0.290 e. The lowest BCUT2D eigenvalue weighted by atomic mass is 10.3. The second-order valence-corrected chi connectivity index (χ2v) is 12.3. The Morgan fingerprint density at radius 3 is 2.17 bits per heavy atom. The molecule has 0 aliphatic rings. The fourth-order valence-electron chi connectivity index (χ4n) is 0.583. The van der Waals surface area contributed by atoms with Crippen LogP contribution in [0.5, 0.6) is 0 Å². The molecule has 0 bridgehead atoms. The summed E-state index contributed by atoms with van der Waals surface area (Å²) in [7, 11) is -3.96. The van der Waals surface area contributed by atoms with E-state index in [1.165, 1.54) is 0 Å². The van der Waals surface area contributed by atoms with Crippen LogP contribution in [0, 0.1) is 0 Å². The molecule has 0 saturated carbocycles. The zero-order valence-corrected chi connectivity index (χ0v) is 13.6. The highest BCUT2D eigenvalue weighted by molar-refractivity contribution is 14.2. The molecule has 0 aliphatic carbocycles. The van der Waals surface area contributed by atoms with E-state index in [9.17, 15) is 8.42 Å².